The summed E-state index contributed by atoms with van der Waals surface area (Å²) in [6, 6.07) is 9.05. The third-order valence-electron chi connectivity index (χ3n) is 4.63. The first-order valence-electron chi connectivity index (χ1n) is 8.34. The number of hydrogen-bond donors (Lipinski definition) is 0. The molecule has 0 saturated carbocycles. The zero-order valence-electron chi connectivity index (χ0n) is 15.5. The average Bonchev–Trinajstić information content (AvgIpc) is 3.13. The van der Waals surface area contributed by atoms with Crippen molar-refractivity contribution < 1.29 is 28.4 Å². The van der Waals surface area contributed by atoms with Gasteiger partial charge >= 0.3 is 0 Å². The normalized spacial score (nSPS) is 12.3. The summed E-state index contributed by atoms with van der Waals surface area (Å²) in [5.41, 5.74) is 1.68. The molecule has 0 radical (unpaired) electrons. The maximum atomic E-state index is 13.0. The van der Waals surface area contributed by atoms with E-state index in [1.807, 2.05) is 18.2 Å². The maximum absolute atomic E-state index is 13.0. The molecule has 0 fully saturated rings. The number of ether oxygens (including phenoxy) is 5. The first-order valence-corrected chi connectivity index (χ1v) is 8.34. The first-order chi connectivity index (χ1) is 13.1. The van der Waals surface area contributed by atoms with E-state index in [0.29, 0.717) is 45.7 Å². The van der Waals surface area contributed by atoms with Gasteiger partial charge in [0.15, 0.2) is 28.7 Å². The quantitative estimate of drug-likeness (QED) is 0.519. The van der Waals surface area contributed by atoms with Gasteiger partial charge in [-0.1, -0.05) is 0 Å². The van der Waals surface area contributed by atoms with Gasteiger partial charge in [-0.25, -0.2) is 0 Å². The molecule has 3 aromatic rings. The van der Waals surface area contributed by atoms with E-state index in [4.69, 9.17) is 23.7 Å². The Hall–Kier alpha value is -3.35. The highest BCUT2D eigenvalue weighted by molar-refractivity contribution is 5.96. The van der Waals surface area contributed by atoms with Crippen LogP contribution in [0.25, 0.3) is 22.0 Å². The van der Waals surface area contributed by atoms with Gasteiger partial charge in [0.25, 0.3) is 0 Å². The summed E-state index contributed by atoms with van der Waals surface area (Å²) in [4.78, 5) is 0. The second kappa shape index (κ2) is 6.42. The molecule has 0 aliphatic carbocycles. The van der Waals surface area contributed by atoms with Crippen molar-refractivity contribution in [3.8, 4) is 40.0 Å². The van der Waals surface area contributed by atoms with E-state index in [1.54, 1.807) is 33.3 Å². The van der Waals surface area contributed by atoms with Gasteiger partial charge < -0.3 is 28.9 Å². The van der Waals surface area contributed by atoms with Gasteiger partial charge in [-0.15, -0.1) is 0 Å². The van der Waals surface area contributed by atoms with E-state index < -0.39 is 0 Å². The molecule has 2 aromatic carbocycles. The van der Waals surface area contributed by atoms with Gasteiger partial charge in [0.2, 0.25) is 18.2 Å². The third-order valence-corrected chi connectivity index (χ3v) is 4.63. The van der Waals surface area contributed by atoms with Gasteiger partial charge in [-0.3, -0.25) is 0 Å². The lowest BCUT2D eigenvalue weighted by atomic mass is 10.0. The summed E-state index contributed by atoms with van der Waals surface area (Å²) in [6.45, 7) is 1.93. The lowest BCUT2D eigenvalue weighted by Crippen LogP contribution is -2.33. The van der Waals surface area contributed by atoms with Crippen molar-refractivity contribution in [2.24, 2.45) is 0 Å². The van der Waals surface area contributed by atoms with Crippen LogP contribution in [0.5, 0.6) is 28.7 Å². The second-order valence-electron chi connectivity index (χ2n) is 6.14. The Morgan fingerprint density at radius 3 is 2.11 bits per heavy atom. The van der Waals surface area contributed by atoms with E-state index in [1.165, 1.54) is 7.11 Å². The summed E-state index contributed by atoms with van der Waals surface area (Å²) < 4.78 is 28.1. The molecule has 0 amide bonds. The SMILES string of the molecule is COc1cc(-c2c3cc4c(cc3cc(C)[n+]2[O-])OCO4)cc(OC)c1OC. The minimum atomic E-state index is 0.168. The Morgan fingerprint density at radius 2 is 1.52 bits per heavy atom. The van der Waals surface area contributed by atoms with Gasteiger partial charge in [-0.05, 0) is 29.7 Å². The van der Waals surface area contributed by atoms with Gasteiger partial charge in [0.1, 0.15) is 0 Å². The molecule has 0 atom stereocenters. The number of nitrogens with zero attached hydrogens (tertiary/aromatic N) is 1. The molecule has 2 heterocycles. The summed E-state index contributed by atoms with van der Waals surface area (Å²) in [6.07, 6.45) is 0. The number of benzene rings is 2. The van der Waals surface area contributed by atoms with Crippen molar-refractivity contribution in [2.75, 3.05) is 28.1 Å². The fourth-order valence-electron chi connectivity index (χ4n) is 3.34. The average molecular weight is 369 g/mol. The van der Waals surface area contributed by atoms with Crippen molar-refractivity contribution in [3.05, 3.63) is 41.2 Å². The van der Waals surface area contributed by atoms with Gasteiger partial charge in [-0.2, -0.15) is 4.73 Å². The number of fused-ring (bicyclic) bond motifs is 2. The minimum Gasteiger partial charge on any atom is -0.618 e. The highest BCUT2D eigenvalue weighted by Crippen LogP contribution is 2.43. The highest BCUT2D eigenvalue weighted by Gasteiger charge is 2.24. The molecule has 140 valence electrons. The topological polar surface area (TPSA) is 73.1 Å². The number of rotatable bonds is 4. The predicted octanol–water partition coefficient (Wildman–Crippen LogP) is 3.20. The largest absolute Gasteiger partial charge is 0.618 e. The molecular weight excluding hydrogens is 350 g/mol. The van der Waals surface area contributed by atoms with E-state index in [0.717, 1.165) is 15.5 Å². The Kier molecular flexibility index (Phi) is 4.07. The van der Waals surface area contributed by atoms with Crippen LogP contribution in [-0.2, 0) is 0 Å². The first kappa shape index (κ1) is 17.1. The number of hydrogen-bond acceptors (Lipinski definition) is 6. The fourth-order valence-corrected chi connectivity index (χ4v) is 3.34. The van der Waals surface area contributed by atoms with E-state index >= 15 is 0 Å². The van der Waals surface area contributed by atoms with Crippen LogP contribution >= 0.6 is 0 Å². The third kappa shape index (κ3) is 2.63. The van der Waals surface area contributed by atoms with E-state index in [2.05, 4.69) is 0 Å². The Morgan fingerprint density at radius 1 is 0.889 bits per heavy atom. The van der Waals surface area contributed by atoms with Crippen LogP contribution in [0.3, 0.4) is 0 Å². The highest BCUT2D eigenvalue weighted by atomic mass is 16.7. The van der Waals surface area contributed by atoms with Crippen LogP contribution in [0.2, 0.25) is 0 Å². The van der Waals surface area contributed by atoms with Crippen LogP contribution < -0.4 is 28.4 Å². The standard InChI is InChI=1S/C20H19NO6/c1-11-5-12-6-15-16(27-10-26-15)9-14(12)19(21(11)22)13-7-17(23-2)20(25-4)18(8-13)24-3/h5-9H,10H2,1-4H3. The van der Waals surface area contributed by atoms with Gasteiger partial charge in [0, 0.05) is 13.0 Å². The van der Waals surface area contributed by atoms with Crippen molar-refractivity contribution in [1.29, 1.82) is 0 Å². The Labute approximate surface area is 156 Å². The number of aromatic nitrogens is 1. The zero-order valence-corrected chi connectivity index (χ0v) is 15.5. The molecule has 0 spiro atoms. The smallest absolute Gasteiger partial charge is 0.232 e. The van der Waals surface area contributed by atoms with E-state index in [9.17, 15) is 5.21 Å². The lowest BCUT2D eigenvalue weighted by Gasteiger charge is -2.16. The van der Waals surface area contributed by atoms with Crippen molar-refractivity contribution in [1.82, 2.24) is 0 Å². The number of pyridine rings is 1. The summed E-state index contributed by atoms with van der Waals surface area (Å²) >= 11 is 0. The molecule has 0 unspecified atom stereocenters. The summed E-state index contributed by atoms with van der Waals surface area (Å²) in [5, 5.41) is 14.6. The summed E-state index contributed by atoms with van der Waals surface area (Å²) in [5.74, 6) is 2.70. The molecule has 1 aliphatic heterocycles. The molecule has 7 nitrogen and oxygen atoms in total. The van der Waals surface area contributed by atoms with Crippen LogP contribution in [-0.4, -0.2) is 28.1 Å². The predicted molar refractivity (Wildman–Crippen MR) is 98.9 cm³/mol. The molecule has 0 bridgehead atoms. The molecule has 27 heavy (non-hydrogen) atoms. The second-order valence-corrected chi connectivity index (χ2v) is 6.14. The van der Waals surface area contributed by atoms with Crippen molar-refractivity contribution >= 4 is 10.8 Å². The molecule has 1 aliphatic rings. The molecule has 7 heteroatoms. The monoisotopic (exact) mass is 369 g/mol. The van der Waals surface area contributed by atoms with Crippen LogP contribution in [0, 0.1) is 12.1 Å². The van der Waals surface area contributed by atoms with Gasteiger partial charge in [0.05, 0.1) is 32.3 Å². The van der Waals surface area contributed by atoms with E-state index in [-0.39, 0.29) is 6.79 Å². The molecule has 0 N–H and O–H groups in total. The fraction of sp³-hybridized carbons (Fsp3) is 0.250. The Bertz CT molecular complexity index is 1020. The zero-order chi connectivity index (χ0) is 19.1. The number of aryl methyl sites for hydroxylation is 1. The van der Waals surface area contributed by atoms with Crippen LogP contribution in [0.1, 0.15) is 5.69 Å². The molecular formula is C20H19NO6. The van der Waals surface area contributed by atoms with Crippen LogP contribution in [0.15, 0.2) is 30.3 Å². The van der Waals surface area contributed by atoms with Crippen LogP contribution in [0.4, 0.5) is 0 Å². The maximum Gasteiger partial charge on any atom is 0.232 e. The van der Waals surface area contributed by atoms with Crippen molar-refractivity contribution in [2.45, 2.75) is 6.92 Å². The lowest BCUT2D eigenvalue weighted by molar-refractivity contribution is -0.599. The minimum absolute atomic E-state index is 0.168. The molecule has 4 rings (SSSR count). The molecule has 1 aromatic heterocycles. The number of methoxy groups -OCH3 is 3. The van der Waals surface area contributed by atoms with Crippen molar-refractivity contribution in [3.63, 3.8) is 0 Å². The summed E-state index contributed by atoms with van der Waals surface area (Å²) in [7, 11) is 4.62. The Balaban J connectivity index is 2.05. The molecule has 0 saturated heterocycles.